The van der Waals surface area contributed by atoms with Crippen LogP contribution in [-0.2, 0) is 25.4 Å². The third kappa shape index (κ3) is 10.1. The number of phenols is 2. The van der Waals surface area contributed by atoms with Gasteiger partial charge >= 0.3 is 11.9 Å². The first-order valence-electron chi connectivity index (χ1n) is 15.1. The molecule has 2 aromatic carbocycles. The second-order valence-corrected chi connectivity index (χ2v) is 10.4. The molecule has 0 fully saturated rings. The van der Waals surface area contributed by atoms with Gasteiger partial charge in [-0.2, -0.15) is 0 Å². The van der Waals surface area contributed by atoms with E-state index < -0.39 is 17.5 Å². The van der Waals surface area contributed by atoms with Crippen molar-refractivity contribution in [2.45, 2.75) is 110 Å². The van der Waals surface area contributed by atoms with Gasteiger partial charge in [0.2, 0.25) is 0 Å². The minimum Gasteiger partial charge on any atom is -0.508 e. The Morgan fingerprint density at radius 1 is 0.650 bits per heavy atom. The smallest absolute Gasteiger partial charge is 0.338 e. The minimum absolute atomic E-state index is 0.0668. The summed E-state index contributed by atoms with van der Waals surface area (Å²) in [6, 6.07) is 12.9. The quantitative estimate of drug-likeness (QED) is 0.0913. The molecule has 2 aromatic rings. The Morgan fingerprint density at radius 2 is 1.12 bits per heavy atom. The van der Waals surface area contributed by atoms with Crippen LogP contribution in [-0.4, -0.2) is 47.6 Å². The standard InChI is InChI=1S/C33H50O7/c1-5-9-10-11-12-13-22-32(26-27-14-18-29(34)19-15-27,40-31(36)28-16-20-30(35)21-17-28)33(37-23-6-2,38-24-7-3)39-25-8-4/h14-21,34-35H,5-13,22-26H2,1-4H3. The number of ether oxygens (including phenoxy) is 4. The number of unbranched alkanes of at least 4 members (excludes halogenated alkanes) is 5. The van der Waals surface area contributed by atoms with Gasteiger partial charge in [-0.15, -0.1) is 0 Å². The number of benzene rings is 2. The number of rotatable bonds is 21. The number of hydrogen-bond donors (Lipinski definition) is 2. The van der Waals surface area contributed by atoms with Gasteiger partial charge < -0.3 is 29.2 Å². The Labute approximate surface area is 240 Å². The van der Waals surface area contributed by atoms with E-state index in [-0.39, 0.29) is 17.9 Å². The Kier molecular flexibility index (Phi) is 15.1. The fourth-order valence-electron chi connectivity index (χ4n) is 4.70. The molecule has 2 rings (SSSR count). The third-order valence-electron chi connectivity index (χ3n) is 6.80. The van der Waals surface area contributed by atoms with E-state index in [9.17, 15) is 15.0 Å². The molecule has 0 aromatic heterocycles. The summed E-state index contributed by atoms with van der Waals surface area (Å²) in [6.45, 7) is 9.32. The lowest BCUT2D eigenvalue weighted by atomic mass is 9.85. The average Bonchev–Trinajstić information content (AvgIpc) is 2.96. The number of hydrogen-bond acceptors (Lipinski definition) is 7. The summed E-state index contributed by atoms with van der Waals surface area (Å²) in [4.78, 5) is 13.7. The maximum atomic E-state index is 13.7. The fraction of sp³-hybridized carbons (Fsp3) is 0.606. The lowest BCUT2D eigenvalue weighted by Gasteiger charge is -2.48. The van der Waals surface area contributed by atoms with Crippen LogP contribution in [0.25, 0.3) is 0 Å². The largest absolute Gasteiger partial charge is 0.508 e. The molecule has 0 aliphatic heterocycles. The van der Waals surface area contributed by atoms with E-state index >= 15 is 0 Å². The molecule has 7 nitrogen and oxygen atoms in total. The number of carbonyl (C=O) groups is 1. The SMILES string of the molecule is CCCCCCCCC(Cc1ccc(O)cc1)(OC(=O)c1ccc(O)cc1)C(OCCC)(OCCC)OCCC. The van der Waals surface area contributed by atoms with E-state index in [1.807, 2.05) is 32.9 Å². The van der Waals surface area contributed by atoms with Gasteiger partial charge in [-0.1, -0.05) is 71.9 Å². The molecule has 0 amide bonds. The molecule has 7 heteroatoms. The topological polar surface area (TPSA) is 94.5 Å². The first-order chi connectivity index (χ1) is 19.3. The number of carbonyl (C=O) groups excluding carboxylic acids is 1. The normalized spacial score (nSPS) is 13.2. The van der Waals surface area contributed by atoms with Crippen LogP contribution in [0.15, 0.2) is 48.5 Å². The van der Waals surface area contributed by atoms with Crippen molar-refractivity contribution in [2.75, 3.05) is 19.8 Å². The molecule has 40 heavy (non-hydrogen) atoms. The zero-order valence-electron chi connectivity index (χ0n) is 25.0. The van der Waals surface area contributed by atoms with Gasteiger partial charge in [0.25, 0.3) is 0 Å². The molecule has 0 bridgehead atoms. The van der Waals surface area contributed by atoms with Gasteiger partial charge in [0.1, 0.15) is 11.5 Å². The summed E-state index contributed by atoms with van der Waals surface area (Å²) in [6.07, 6.45) is 9.27. The zero-order chi connectivity index (χ0) is 29.3. The van der Waals surface area contributed by atoms with Crippen molar-refractivity contribution in [3.8, 4) is 11.5 Å². The van der Waals surface area contributed by atoms with Crippen molar-refractivity contribution < 1.29 is 34.0 Å². The Hall–Kier alpha value is -2.61. The molecule has 0 heterocycles. The highest BCUT2D eigenvalue weighted by atomic mass is 16.9. The second-order valence-electron chi connectivity index (χ2n) is 10.4. The number of aromatic hydroxyl groups is 2. The zero-order valence-corrected chi connectivity index (χ0v) is 25.0. The molecule has 0 aliphatic carbocycles. The van der Waals surface area contributed by atoms with Gasteiger partial charge in [0.05, 0.1) is 25.4 Å². The van der Waals surface area contributed by atoms with Gasteiger partial charge in [0.15, 0.2) is 5.60 Å². The molecule has 224 valence electrons. The molecule has 0 spiro atoms. The van der Waals surface area contributed by atoms with Crippen LogP contribution in [0.3, 0.4) is 0 Å². The van der Waals surface area contributed by atoms with Gasteiger partial charge in [-0.3, -0.25) is 0 Å². The molecule has 1 unspecified atom stereocenters. The number of phenolic OH excluding ortho intramolecular Hbond substituents is 2. The van der Waals surface area contributed by atoms with Crippen molar-refractivity contribution in [2.24, 2.45) is 0 Å². The second kappa shape index (κ2) is 17.9. The summed E-state index contributed by atoms with van der Waals surface area (Å²) in [7, 11) is 0. The van der Waals surface area contributed by atoms with Crippen molar-refractivity contribution in [3.63, 3.8) is 0 Å². The molecule has 0 radical (unpaired) electrons. The van der Waals surface area contributed by atoms with Crippen LogP contribution < -0.4 is 0 Å². The van der Waals surface area contributed by atoms with Crippen LogP contribution in [0.5, 0.6) is 11.5 Å². The van der Waals surface area contributed by atoms with Crippen LogP contribution >= 0.6 is 0 Å². The highest BCUT2D eigenvalue weighted by Gasteiger charge is 2.58. The summed E-state index contributed by atoms with van der Waals surface area (Å²) in [5.41, 5.74) is -0.165. The molecule has 1 atom stereocenters. The lowest BCUT2D eigenvalue weighted by Crippen LogP contribution is -2.63. The van der Waals surface area contributed by atoms with Gasteiger partial charge in [0, 0.05) is 6.42 Å². The highest BCUT2D eigenvalue weighted by molar-refractivity contribution is 5.89. The predicted molar refractivity (Wildman–Crippen MR) is 158 cm³/mol. The molecule has 0 aliphatic rings. The van der Waals surface area contributed by atoms with Crippen LogP contribution in [0.4, 0.5) is 0 Å². The van der Waals surface area contributed by atoms with Crippen LogP contribution in [0.1, 0.15) is 108 Å². The van der Waals surface area contributed by atoms with Gasteiger partial charge in [-0.05, 0) is 74.1 Å². The van der Waals surface area contributed by atoms with E-state index in [2.05, 4.69) is 6.92 Å². The van der Waals surface area contributed by atoms with E-state index in [1.165, 1.54) is 25.0 Å². The van der Waals surface area contributed by atoms with Crippen LogP contribution in [0, 0.1) is 0 Å². The van der Waals surface area contributed by atoms with Crippen molar-refractivity contribution in [1.29, 1.82) is 0 Å². The molecule has 0 saturated heterocycles. The van der Waals surface area contributed by atoms with E-state index in [1.54, 1.807) is 24.3 Å². The molecule has 2 N–H and O–H groups in total. The molecular weight excluding hydrogens is 508 g/mol. The van der Waals surface area contributed by atoms with Gasteiger partial charge in [-0.25, -0.2) is 4.79 Å². The van der Waals surface area contributed by atoms with Crippen molar-refractivity contribution in [3.05, 3.63) is 59.7 Å². The minimum atomic E-state index is -1.64. The summed E-state index contributed by atoms with van der Waals surface area (Å²) in [5.74, 6) is -1.96. The number of esters is 1. The molecule has 0 saturated carbocycles. The van der Waals surface area contributed by atoms with E-state index in [0.29, 0.717) is 31.8 Å². The highest BCUT2D eigenvalue weighted by Crippen LogP contribution is 2.42. The monoisotopic (exact) mass is 558 g/mol. The summed E-state index contributed by atoms with van der Waals surface area (Å²) < 4.78 is 26.0. The lowest BCUT2D eigenvalue weighted by molar-refractivity contribution is -0.441. The Morgan fingerprint density at radius 3 is 1.62 bits per heavy atom. The third-order valence-corrected chi connectivity index (χ3v) is 6.80. The maximum Gasteiger partial charge on any atom is 0.338 e. The van der Waals surface area contributed by atoms with E-state index in [0.717, 1.165) is 50.5 Å². The maximum absolute atomic E-state index is 13.7. The first-order valence-corrected chi connectivity index (χ1v) is 15.1. The Bertz CT molecular complexity index is 936. The summed E-state index contributed by atoms with van der Waals surface area (Å²) >= 11 is 0. The van der Waals surface area contributed by atoms with Crippen molar-refractivity contribution in [1.82, 2.24) is 0 Å². The van der Waals surface area contributed by atoms with Crippen LogP contribution in [0.2, 0.25) is 0 Å². The predicted octanol–water partition coefficient (Wildman–Crippen LogP) is 7.92. The Balaban J connectivity index is 2.64. The average molecular weight is 559 g/mol. The fourth-order valence-corrected chi connectivity index (χ4v) is 4.70. The summed E-state index contributed by atoms with van der Waals surface area (Å²) in [5, 5.41) is 19.7. The van der Waals surface area contributed by atoms with Crippen molar-refractivity contribution >= 4 is 5.97 Å². The van der Waals surface area contributed by atoms with E-state index in [4.69, 9.17) is 18.9 Å². The first kappa shape index (κ1) is 33.6. The molecular formula is C33H50O7.